The van der Waals surface area contributed by atoms with Crippen molar-refractivity contribution in [1.82, 2.24) is 20.4 Å². The van der Waals surface area contributed by atoms with Crippen LogP contribution in [-0.2, 0) is 12.8 Å². The highest BCUT2D eigenvalue weighted by Gasteiger charge is 2.10. The molecule has 0 aliphatic heterocycles. The third-order valence-corrected chi connectivity index (χ3v) is 2.66. The van der Waals surface area contributed by atoms with E-state index >= 15 is 0 Å². The van der Waals surface area contributed by atoms with E-state index in [4.69, 9.17) is 4.52 Å². The summed E-state index contributed by atoms with van der Waals surface area (Å²) in [7, 11) is 0. The fourth-order valence-electron chi connectivity index (χ4n) is 1.81. The predicted octanol–water partition coefficient (Wildman–Crippen LogP) is 1.60. The molecule has 5 nitrogen and oxygen atoms in total. The molecule has 0 fully saturated rings. The monoisotopic (exact) mass is 246 g/mol. The third kappa shape index (κ3) is 3.63. The summed E-state index contributed by atoms with van der Waals surface area (Å²) < 4.78 is 5.24. The minimum atomic E-state index is 0.351. The third-order valence-electron chi connectivity index (χ3n) is 2.66. The van der Waals surface area contributed by atoms with E-state index in [9.17, 15) is 0 Å². The normalized spacial score (nSPS) is 12.6. The Morgan fingerprint density at radius 3 is 2.83 bits per heavy atom. The Bertz CT molecular complexity index is 469. The van der Waals surface area contributed by atoms with Crippen molar-refractivity contribution >= 4 is 0 Å². The molecule has 2 rings (SSSR count). The van der Waals surface area contributed by atoms with Crippen molar-refractivity contribution in [3.05, 3.63) is 41.8 Å². The summed E-state index contributed by atoms with van der Waals surface area (Å²) >= 11 is 0. The van der Waals surface area contributed by atoms with Gasteiger partial charge in [-0.15, -0.1) is 0 Å². The lowest BCUT2D eigenvalue weighted by Gasteiger charge is -2.07. The topological polar surface area (TPSA) is 63.8 Å². The van der Waals surface area contributed by atoms with Crippen LogP contribution in [0.3, 0.4) is 0 Å². The molecule has 0 aliphatic carbocycles. The predicted molar refractivity (Wildman–Crippen MR) is 68.2 cm³/mol. The van der Waals surface area contributed by atoms with Crippen LogP contribution in [0, 0.1) is 0 Å². The average molecular weight is 246 g/mol. The van der Waals surface area contributed by atoms with Gasteiger partial charge in [-0.1, -0.05) is 12.1 Å². The molecule has 2 aromatic rings. The van der Waals surface area contributed by atoms with Crippen LogP contribution in [0.1, 0.15) is 31.1 Å². The van der Waals surface area contributed by atoms with E-state index in [2.05, 4.69) is 34.3 Å². The Hall–Kier alpha value is -1.75. The van der Waals surface area contributed by atoms with E-state index in [1.807, 2.05) is 12.1 Å². The Labute approximate surface area is 107 Å². The molecule has 18 heavy (non-hydrogen) atoms. The molecule has 1 N–H and O–H groups in total. The number of hydrogen-bond donors (Lipinski definition) is 1. The second-order valence-corrected chi connectivity index (χ2v) is 4.30. The molecule has 2 heterocycles. The first-order chi connectivity index (χ1) is 8.78. The van der Waals surface area contributed by atoms with Crippen LogP contribution in [0.25, 0.3) is 0 Å². The number of nitrogens with one attached hydrogen (secondary N) is 1. The highest BCUT2D eigenvalue weighted by atomic mass is 16.5. The summed E-state index contributed by atoms with van der Waals surface area (Å²) in [5, 5.41) is 7.31. The van der Waals surface area contributed by atoms with Crippen molar-refractivity contribution in [2.75, 3.05) is 6.54 Å². The first-order valence-corrected chi connectivity index (χ1v) is 6.21. The lowest BCUT2D eigenvalue weighted by molar-refractivity contribution is 0.359. The number of likely N-dealkylation sites (N-methyl/N-ethyl adjacent to an activating group) is 1. The second kappa shape index (κ2) is 6.26. The molecule has 0 bridgehead atoms. The molecular formula is C13H18N4O. The van der Waals surface area contributed by atoms with Gasteiger partial charge in [0, 0.05) is 31.3 Å². The first-order valence-electron chi connectivity index (χ1n) is 6.21. The van der Waals surface area contributed by atoms with Gasteiger partial charge in [-0.05, 0) is 31.2 Å². The highest BCUT2D eigenvalue weighted by Crippen LogP contribution is 2.07. The van der Waals surface area contributed by atoms with Crippen LogP contribution < -0.4 is 5.32 Å². The number of pyridine rings is 1. The SMILES string of the molecule is CCNC(C)Cc1nc(Cc2ccncc2)no1. The summed E-state index contributed by atoms with van der Waals surface area (Å²) in [5.74, 6) is 1.41. The van der Waals surface area contributed by atoms with Gasteiger partial charge in [-0.25, -0.2) is 0 Å². The first kappa shape index (κ1) is 12.7. The zero-order chi connectivity index (χ0) is 12.8. The van der Waals surface area contributed by atoms with Crippen LogP contribution >= 0.6 is 0 Å². The molecule has 0 aliphatic rings. The molecular weight excluding hydrogens is 228 g/mol. The molecule has 0 radical (unpaired) electrons. The lowest BCUT2D eigenvalue weighted by atomic mass is 10.2. The van der Waals surface area contributed by atoms with Gasteiger partial charge in [0.2, 0.25) is 5.89 Å². The zero-order valence-electron chi connectivity index (χ0n) is 10.8. The maximum atomic E-state index is 5.24. The Kier molecular flexibility index (Phi) is 4.41. The number of aromatic nitrogens is 3. The van der Waals surface area contributed by atoms with Gasteiger partial charge in [0.1, 0.15) is 0 Å². The van der Waals surface area contributed by atoms with Gasteiger partial charge in [0.25, 0.3) is 0 Å². The van der Waals surface area contributed by atoms with E-state index in [1.54, 1.807) is 12.4 Å². The summed E-state index contributed by atoms with van der Waals surface area (Å²) in [6.07, 6.45) is 4.98. The van der Waals surface area contributed by atoms with Crippen molar-refractivity contribution in [2.45, 2.75) is 32.7 Å². The Morgan fingerprint density at radius 2 is 2.11 bits per heavy atom. The molecule has 0 amide bonds. The van der Waals surface area contributed by atoms with Gasteiger partial charge in [0.15, 0.2) is 5.82 Å². The largest absolute Gasteiger partial charge is 0.339 e. The van der Waals surface area contributed by atoms with Crippen molar-refractivity contribution in [3.63, 3.8) is 0 Å². The summed E-state index contributed by atoms with van der Waals surface area (Å²) in [5.41, 5.74) is 1.14. The molecule has 0 spiro atoms. The number of rotatable bonds is 6. The molecule has 0 saturated carbocycles. The van der Waals surface area contributed by atoms with Gasteiger partial charge in [-0.3, -0.25) is 4.98 Å². The van der Waals surface area contributed by atoms with Crippen LogP contribution in [0.5, 0.6) is 0 Å². The summed E-state index contributed by atoms with van der Waals surface area (Å²) in [6, 6.07) is 4.26. The van der Waals surface area contributed by atoms with Crippen LogP contribution in [0.2, 0.25) is 0 Å². The second-order valence-electron chi connectivity index (χ2n) is 4.30. The van der Waals surface area contributed by atoms with Crippen molar-refractivity contribution < 1.29 is 4.52 Å². The van der Waals surface area contributed by atoms with Crippen LogP contribution in [0.4, 0.5) is 0 Å². The van der Waals surface area contributed by atoms with E-state index in [-0.39, 0.29) is 0 Å². The maximum Gasteiger partial charge on any atom is 0.228 e. The minimum Gasteiger partial charge on any atom is -0.339 e. The molecule has 2 aromatic heterocycles. The molecule has 0 saturated heterocycles. The standard InChI is InChI=1S/C13H18N4O/c1-3-15-10(2)8-13-16-12(17-18-13)9-11-4-6-14-7-5-11/h4-7,10,15H,3,8-9H2,1-2H3. The van der Waals surface area contributed by atoms with Crippen LogP contribution in [0.15, 0.2) is 29.0 Å². The van der Waals surface area contributed by atoms with E-state index in [0.717, 1.165) is 24.4 Å². The van der Waals surface area contributed by atoms with Crippen molar-refractivity contribution in [1.29, 1.82) is 0 Å². The van der Waals surface area contributed by atoms with E-state index < -0.39 is 0 Å². The fourth-order valence-corrected chi connectivity index (χ4v) is 1.81. The van der Waals surface area contributed by atoms with Crippen molar-refractivity contribution in [2.24, 2.45) is 0 Å². The summed E-state index contributed by atoms with van der Waals surface area (Å²) in [4.78, 5) is 8.37. The average Bonchev–Trinajstić information content (AvgIpc) is 2.78. The van der Waals surface area contributed by atoms with Gasteiger partial charge >= 0.3 is 0 Å². The molecule has 1 unspecified atom stereocenters. The Balaban J connectivity index is 1.94. The maximum absolute atomic E-state index is 5.24. The number of nitrogens with zero attached hydrogens (tertiary/aromatic N) is 3. The number of hydrogen-bond acceptors (Lipinski definition) is 5. The van der Waals surface area contributed by atoms with Crippen LogP contribution in [-0.4, -0.2) is 27.7 Å². The van der Waals surface area contributed by atoms with E-state index in [1.165, 1.54) is 0 Å². The highest BCUT2D eigenvalue weighted by molar-refractivity contribution is 5.14. The zero-order valence-corrected chi connectivity index (χ0v) is 10.8. The smallest absolute Gasteiger partial charge is 0.228 e. The van der Waals surface area contributed by atoms with Gasteiger partial charge in [-0.2, -0.15) is 4.98 Å². The molecule has 5 heteroatoms. The minimum absolute atomic E-state index is 0.351. The molecule has 96 valence electrons. The fraction of sp³-hybridized carbons (Fsp3) is 0.462. The van der Waals surface area contributed by atoms with Gasteiger partial charge < -0.3 is 9.84 Å². The Morgan fingerprint density at radius 1 is 1.33 bits per heavy atom. The lowest BCUT2D eigenvalue weighted by Crippen LogP contribution is -2.27. The molecule has 1 atom stereocenters. The summed E-state index contributed by atoms with van der Waals surface area (Å²) in [6.45, 7) is 5.13. The van der Waals surface area contributed by atoms with Crippen molar-refractivity contribution in [3.8, 4) is 0 Å². The van der Waals surface area contributed by atoms with Gasteiger partial charge in [0.05, 0.1) is 0 Å². The van der Waals surface area contributed by atoms with E-state index in [0.29, 0.717) is 18.4 Å². The quantitative estimate of drug-likeness (QED) is 0.838. The molecule has 0 aromatic carbocycles.